The Morgan fingerprint density at radius 3 is 2.65 bits per heavy atom. The minimum Gasteiger partial charge on any atom is -0.497 e. The Balaban J connectivity index is 1.92. The third kappa shape index (κ3) is 3.07. The zero-order chi connectivity index (χ0) is 12.1. The van der Waals surface area contributed by atoms with Crippen LogP contribution in [0.2, 0.25) is 0 Å². The molecule has 0 spiro atoms. The molecule has 2 rings (SSSR count). The van der Waals surface area contributed by atoms with Crippen LogP contribution < -0.4 is 10.1 Å². The zero-order valence-corrected chi connectivity index (χ0v) is 10.1. The van der Waals surface area contributed by atoms with Crippen LogP contribution in [0.1, 0.15) is 24.2 Å². The molecule has 0 radical (unpaired) electrons. The maximum absolute atomic E-state index is 5.13. The number of benzene rings is 1. The van der Waals surface area contributed by atoms with Gasteiger partial charge in [0.2, 0.25) is 0 Å². The second kappa shape index (κ2) is 5.50. The lowest BCUT2D eigenvalue weighted by atomic mass is 10.1. The van der Waals surface area contributed by atoms with E-state index < -0.39 is 0 Å². The molecule has 0 fully saturated rings. The van der Waals surface area contributed by atoms with Gasteiger partial charge in [0, 0.05) is 24.5 Å². The van der Waals surface area contributed by atoms with Crippen LogP contribution in [0.4, 0.5) is 0 Å². The van der Waals surface area contributed by atoms with Crippen molar-refractivity contribution in [2.45, 2.75) is 19.5 Å². The minimum absolute atomic E-state index is 0.296. The lowest BCUT2D eigenvalue weighted by molar-refractivity contribution is 0.414. The minimum atomic E-state index is 0.296. The number of nitrogens with one attached hydrogen (secondary N) is 2. The van der Waals surface area contributed by atoms with Gasteiger partial charge in [-0.2, -0.15) is 5.10 Å². The van der Waals surface area contributed by atoms with Gasteiger partial charge in [0.15, 0.2) is 0 Å². The maximum atomic E-state index is 5.13. The Bertz CT molecular complexity index is 436. The van der Waals surface area contributed by atoms with Crippen molar-refractivity contribution in [3.05, 3.63) is 47.8 Å². The molecule has 0 bridgehead atoms. The first-order valence-corrected chi connectivity index (χ1v) is 5.65. The molecule has 4 heteroatoms. The molecule has 1 aromatic carbocycles. The van der Waals surface area contributed by atoms with Crippen molar-refractivity contribution >= 4 is 0 Å². The Kier molecular flexibility index (Phi) is 3.77. The van der Waals surface area contributed by atoms with Crippen molar-refractivity contribution in [1.29, 1.82) is 0 Å². The van der Waals surface area contributed by atoms with Gasteiger partial charge in [-0.3, -0.25) is 5.10 Å². The van der Waals surface area contributed by atoms with Gasteiger partial charge in [0.1, 0.15) is 5.75 Å². The number of nitrogens with zero attached hydrogens (tertiary/aromatic N) is 1. The van der Waals surface area contributed by atoms with Crippen LogP contribution in [0.25, 0.3) is 0 Å². The second-order valence-electron chi connectivity index (χ2n) is 3.96. The highest BCUT2D eigenvalue weighted by Gasteiger charge is 2.05. The van der Waals surface area contributed by atoms with E-state index in [-0.39, 0.29) is 0 Å². The molecule has 0 amide bonds. The largest absolute Gasteiger partial charge is 0.497 e. The summed E-state index contributed by atoms with van der Waals surface area (Å²) in [5.74, 6) is 0.884. The summed E-state index contributed by atoms with van der Waals surface area (Å²) in [7, 11) is 1.68. The van der Waals surface area contributed by atoms with Gasteiger partial charge < -0.3 is 10.1 Å². The zero-order valence-electron chi connectivity index (χ0n) is 10.1. The Morgan fingerprint density at radius 2 is 2.06 bits per heavy atom. The molecule has 1 aromatic heterocycles. The van der Waals surface area contributed by atoms with Crippen LogP contribution in [0, 0.1) is 0 Å². The fraction of sp³-hybridized carbons (Fsp3) is 0.308. The molecule has 1 atom stereocenters. The van der Waals surface area contributed by atoms with Crippen molar-refractivity contribution < 1.29 is 4.74 Å². The summed E-state index contributed by atoms with van der Waals surface area (Å²) in [6.07, 6.45) is 1.76. The van der Waals surface area contributed by atoms with Gasteiger partial charge in [-0.15, -0.1) is 0 Å². The molecule has 0 aliphatic carbocycles. The van der Waals surface area contributed by atoms with E-state index in [1.54, 1.807) is 13.3 Å². The van der Waals surface area contributed by atoms with E-state index in [0.717, 1.165) is 18.0 Å². The van der Waals surface area contributed by atoms with Crippen LogP contribution in [-0.2, 0) is 6.54 Å². The molecule has 1 heterocycles. The van der Waals surface area contributed by atoms with E-state index in [1.165, 1.54) is 5.56 Å². The molecular formula is C13H17N3O. The van der Waals surface area contributed by atoms with E-state index in [9.17, 15) is 0 Å². The Labute approximate surface area is 101 Å². The van der Waals surface area contributed by atoms with Crippen LogP contribution in [0.3, 0.4) is 0 Å². The Hall–Kier alpha value is -1.81. The van der Waals surface area contributed by atoms with Crippen molar-refractivity contribution in [2.75, 3.05) is 7.11 Å². The van der Waals surface area contributed by atoms with E-state index in [2.05, 4.69) is 34.6 Å². The molecule has 0 saturated carbocycles. The fourth-order valence-corrected chi connectivity index (χ4v) is 1.66. The van der Waals surface area contributed by atoms with Gasteiger partial charge in [-0.1, -0.05) is 12.1 Å². The number of H-pyrrole nitrogens is 1. The number of rotatable bonds is 5. The average Bonchev–Trinajstić information content (AvgIpc) is 2.89. The lowest BCUT2D eigenvalue weighted by Gasteiger charge is -2.13. The maximum Gasteiger partial charge on any atom is 0.118 e. The normalized spacial score (nSPS) is 12.4. The molecule has 90 valence electrons. The predicted molar refractivity (Wildman–Crippen MR) is 66.8 cm³/mol. The first-order valence-electron chi connectivity index (χ1n) is 5.65. The predicted octanol–water partition coefficient (Wildman–Crippen LogP) is 2.27. The van der Waals surface area contributed by atoms with E-state index in [4.69, 9.17) is 4.74 Å². The number of ether oxygens (including phenoxy) is 1. The van der Waals surface area contributed by atoms with Crippen molar-refractivity contribution in [2.24, 2.45) is 0 Å². The number of methoxy groups -OCH3 is 1. The summed E-state index contributed by atoms with van der Waals surface area (Å²) < 4.78 is 5.13. The van der Waals surface area contributed by atoms with Crippen molar-refractivity contribution in [1.82, 2.24) is 15.5 Å². The van der Waals surface area contributed by atoms with Gasteiger partial charge in [-0.25, -0.2) is 0 Å². The molecular weight excluding hydrogens is 214 g/mol. The highest BCUT2D eigenvalue weighted by atomic mass is 16.5. The number of hydrogen-bond donors (Lipinski definition) is 2. The summed E-state index contributed by atoms with van der Waals surface area (Å²) >= 11 is 0. The highest BCUT2D eigenvalue weighted by Crippen LogP contribution is 2.17. The van der Waals surface area contributed by atoms with Crippen LogP contribution >= 0.6 is 0 Å². The number of hydrogen-bond acceptors (Lipinski definition) is 3. The monoisotopic (exact) mass is 231 g/mol. The van der Waals surface area contributed by atoms with Crippen LogP contribution in [-0.4, -0.2) is 17.3 Å². The molecule has 17 heavy (non-hydrogen) atoms. The van der Waals surface area contributed by atoms with Crippen molar-refractivity contribution in [3.8, 4) is 5.75 Å². The molecule has 0 aliphatic rings. The van der Waals surface area contributed by atoms with E-state index in [1.807, 2.05) is 18.2 Å². The second-order valence-corrected chi connectivity index (χ2v) is 3.96. The lowest BCUT2D eigenvalue weighted by Crippen LogP contribution is -2.18. The SMILES string of the molecule is COc1ccc([C@@H](C)NCc2ccn[nH]2)cc1. The first kappa shape index (κ1) is 11.7. The fourth-order valence-electron chi connectivity index (χ4n) is 1.66. The molecule has 4 nitrogen and oxygen atoms in total. The molecule has 2 N–H and O–H groups in total. The van der Waals surface area contributed by atoms with Crippen molar-refractivity contribution in [3.63, 3.8) is 0 Å². The quantitative estimate of drug-likeness (QED) is 0.830. The summed E-state index contributed by atoms with van der Waals surface area (Å²) in [6.45, 7) is 2.92. The summed E-state index contributed by atoms with van der Waals surface area (Å²) in [5.41, 5.74) is 2.33. The summed E-state index contributed by atoms with van der Waals surface area (Å²) in [5, 5.41) is 10.3. The number of aromatic nitrogens is 2. The molecule has 0 aliphatic heterocycles. The van der Waals surface area contributed by atoms with Crippen LogP contribution in [0.5, 0.6) is 5.75 Å². The third-order valence-corrected chi connectivity index (χ3v) is 2.77. The van der Waals surface area contributed by atoms with Gasteiger partial charge in [0.05, 0.1) is 7.11 Å². The molecule has 2 aromatic rings. The number of aromatic amines is 1. The average molecular weight is 231 g/mol. The summed E-state index contributed by atoms with van der Waals surface area (Å²) in [6, 6.07) is 10.4. The summed E-state index contributed by atoms with van der Waals surface area (Å²) in [4.78, 5) is 0. The van der Waals surface area contributed by atoms with E-state index in [0.29, 0.717) is 6.04 Å². The standard InChI is InChI=1S/C13H17N3O/c1-10(14-9-12-7-8-15-16-12)11-3-5-13(17-2)6-4-11/h3-8,10,14H,9H2,1-2H3,(H,15,16)/t10-/m1/s1. The highest BCUT2D eigenvalue weighted by molar-refractivity contribution is 5.28. The topological polar surface area (TPSA) is 49.9 Å². The smallest absolute Gasteiger partial charge is 0.118 e. The van der Waals surface area contributed by atoms with E-state index >= 15 is 0 Å². The van der Waals surface area contributed by atoms with Gasteiger partial charge >= 0.3 is 0 Å². The Morgan fingerprint density at radius 1 is 1.29 bits per heavy atom. The molecule has 0 unspecified atom stereocenters. The molecule has 0 saturated heterocycles. The van der Waals surface area contributed by atoms with Gasteiger partial charge in [0.25, 0.3) is 0 Å². The van der Waals surface area contributed by atoms with Crippen LogP contribution in [0.15, 0.2) is 36.5 Å². The third-order valence-electron chi connectivity index (χ3n) is 2.77. The van der Waals surface area contributed by atoms with Gasteiger partial charge in [-0.05, 0) is 30.7 Å². The first-order chi connectivity index (χ1) is 8.29.